The van der Waals surface area contributed by atoms with Gasteiger partial charge in [-0.05, 0) is 37.1 Å². The third kappa shape index (κ3) is 3.58. The second-order valence-corrected chi connectivity index (χ2v) is 8.95. The second kappa shape index (κ2) is 8.24. The molecule has 32 heavy (non-hydrogen) atoms. The van der Waals surface area contributed by atoms with Crippen molar-refractivity contribution >= 4 is 40.0 Å². The quantitative estimate of drug-likeness (QED) is 0.341. The van der Waals surface area contributed by atoms with Crippen molar-refractivity contribution in [2.24, 2.45) is 7.05 Å². The number of rotatable bonds is 5. The topological polar surface area (TPSA) is 68.1 Å². The molecule has 0 N–H and O–H groups in total. The Bertz CT molecular complexity index is 1350. The minimum absolute atomic E-state index is 0.0411. The summed E-state index contributed by atoms with van der Waals surface area (Å²) in [4.78, 5) is 37.1. The number of imidazole rings is 1. The summed E-state index contributed by atoms with van der Waals surface area (Å²) >= 11 is 1.36. The number of amides is 1. The predicted octanol–water partition coefficient (Wildman–Crippen LogP) is 4.27. The number of pyridine rings is 1. The van der Waals surface area contributed by atoms with E-state index < -0.39 is 0 Å². The van der Waals surface area contributed by atoms with Gasteiger partial charge in [0, 0.05) is 42.1 Å². The Morgan fingerprint density at radius 1 is 1.12 bits per heavy atom. The van der Waals surface area contributed by atoms with E-state index in [1.165, 1.54) is 17.3 Å². The van der Waals surface area contributed by atoms with Crippen molar-refractivity contribution in [1.82, 2.24) is 14.5 Å². The zero-order valence-corrected chi connectivity index (χ0v) is 18.7. The number of thioether (sulfide) groups is 1. The molecule has 4 aromatic rings. The maximum atomic E-state index is 13.2. The molecule has 0 saturated carbocycles. The molecule has 0 spiro atoms. The van der Waals surface area contributed by atoms with Gasteiger partial charge in [-0.25, -0.2) is 9.97 Å². The highest BCUT2D eigenvalue weighted by Crippen LogP contribution is 2.33. The van der Waals surface area contributed by atoms with Crippen LogP contribution in [0.3, 0.4) is 0 Å². The molecule has 1 aliphatic rings. The Morgan fingerprint density at radius 3 is 2.72 bits per heavy atom. The van der Waals surface area contributed by atoms with Crippen molar-refractivity contribution in [2.45, 2.75) is 24.4 Å². The number of hydrogen-bond donors (Lipinski definition) is 0. The molecule has 1 amide bonds. The van der Waals surface area contributed by atoms with Crippen LogP contribution in [0.4, 0.5) is 5.69 Å². The van der Waals surface area contributed by atoms with E-state index in [0.29, 0.717) is 16.4 Å². The SMILES string of the molecule is C[C@@H]1Cc2ccccc2N1C(=O)CSc1cc(C(=O)c2nccn2C)c2ccccc2n1. The summed E-state index contributed by atoms with van der Waals surface area (Å²) < 4.78 is 1.71. The summed E-state index contributed by atoms with van der Waals surface area (Å²) in [5, 5.41) is 1.42. The van der Waals surface area contributed by atoms with Crippen LogP contribution >= 0.6 is 11.8 Å². The molecular formula is C25H22N4O2S. The van der Waals surface area contributed by atoms with E-state index in [9.17, 15) is 9.59 Å². The summed E-state index contributed by atoms with van der Waals surface area (Å²) in [6.45, 7) is 2.07. The van der Waals surface area contributed by atoms with Crippen LogP contribution in [0.25, 0.3) is 10.9 Å². The minimum Gasteiger partial charge on any atom is -0.331 e. The van der Waals surface area contributed by atoms with E-state index in [1.807, 2.05) is 47.4 Å². The van der Waals surface area contributed by atoms with Crippen LogP contribution in [0, 0.1) is 0 Å². The summed E-state index contributed by atoms with van der Waals surface area (Å²) in [6.07, 6.45) is 4.23. The van der Waals surface area contributed by atoms with Crippen molar-refractivity contribution in [2.75, 3.05) is 10.7 Å². The standard InChI is InChI=1S/C25H22N4O2S/c1-16-13-17-7-3-6-10-21(17)29(16)23(30)15-32-22-14-19(18-8-4-5-9-20(18)27-22)24(31)25-26-11-12-28(25)2/h3-12,14,16H,13,15H2,1-2H3/t16-/m1/s1. The minimum atomic E-state index is -0.161. The Balaban J connectivity index is 1.43. The second-order valence-electron chi connectivity index (χ2n) is 7.95. The summed E-state index contributed by atoms with van der Waals surface area (Å²) in [5.74, 6) is 0.502. The maximum Gasteiger partial charge on any atom is 0.237 e. The van der Waals surface area contributed by atoms with Gasteiger partial charge in [0.2, 0.25) is 11.7 Å². The largest absolute Gasteiger partial charge is 0.331 e. The van der Waals surface area contributed by atoms with Gasteiger partial charge in [0.15, 0.2) is 5.82 Å². The van der Waals surface area contributed by atoms with Gasteiger partial charge in [-0.15, -0.1) is 0 Å². The molecule has 1 atom stereocenters. The number of ketones is 1. The lowest BCUT2D eigenvalue weighted by Crippen LogP contribution is -2.37. The fraction of sp³-hybridized carbons (Fsp3) is 0.200. The van der Waals surface area contributed by atoms with Crippen LogP contribution < -0.4 is 4.90 Å². The van der Waals surface area contributed by atoms with Gasteiger partial charge < -0.3 is 9.47 Å². The first-order valence-electron chi connectivity index (χ1n) is 10.5. The first kappa shape index (κ1) is 20.5. The summed E-state index contributed by atoms with van der Waals surface area (Å²) in [5.41, 5.74) is 3.45. The molecule has 0 radical (unpaired) electrons. The Labute approximate surface area is 190 Å². The highest BCUT2D eigenvalue weighted by molar-refractivity contribution is 7.99. The monoisotopic (exact) mass is 442 g/mol. The molecule has 6 nitrogen and oxygen atoms in total. The lowest BCUT2D eigenvalue weighted by atomic mass is 10.1. The van der Waals surface area contributed by atoms with Gasteiger partial charge in [0.1, 0.15) is 0 Å². The number of benzene rings is 2. The first-order chi connectivity index (χ1) is 15.5. The molecule has 0 fully saturated rings. The average Bonchev–Trinajstić information content (AvgIpc) is 3.38. The van der Waals surface area contributed by atoms with E-state index in [0.717, 1.165) is 23.0 Å². The number of para-hydroxylation sites is 2. The molecule has 0 saturated heterocycles. The lowest BCUT2D eigenvalue weighted by molar-refractivity contribution is -0.116. The van der Waals surface area contributed by atoms with E-state index >= 15 is 0 Å². The van der Waals surface area contributed by atoms with Crippen LogP contribution in [0.15, 0.2) is 72.0 Å². The number of fused-ring (bicyclic) bond motifs is 2. The van der Waals surface area contributed by atoms with Crippen LogP contribution in [-0.2, 0) is 18.3 Å². The smallest absolute Gasteiger partial charge is 0.237 e. The third-order valence-corrected chi connectivity index (χ3v) is 6.68. The molecule has 7 heteroatoms. The van der Waals surface area contributed by atoms with E-state index in [2.05, 4.69) is 18.0 Å². The summed E-state index contributed by atoms with van der Waals surface area (Å²) in [7, 11) is 1.80. The number of aryl methyl sites for hydroxylation is 1. The van der Waals surface area contributed by atoms with Gasteiger partial charge in [-0.3, -0.25) is 9.59 Å². The highest BCUT2D eigenvalue weighted by Gasteiger charge is 2.30. The first-order valence-corrected chi connectivity index (χ1v) is 11.5. The Morgan fingerprint density at radius 2 is 1.91 bits per heavy atom. The number of carbonyl (C=O) groups is 2. The van der Waals surface area contributed by atoms with Crippen molar-refractivity contribution < 1.29 is 9.59 Å². The molecule has 0 bridgehead atoms. The summed E-state index contributed by atoms with van der Waals surface area (Å²) in [6, 6.07) is 17.5. The van der Waals surface area contributed by atoms with Crippen LogP contribution in [-0.4, -0.2) is 38.0 Å². The zero-order valence-electron chi connectivity index (χ0n) is 17.9. The maximum absolute atomic E-state index is 13.2. The molecular weight excluding hydrogens is 420 g/mol. The number of anilines is 1. The molecule has 2 aromatic heterocycles. The normalized spacial score (nSPS) is 15.2. The van der Waals surface area contributed by atoms with E-state index in [-0.39, 0.29) is 23.5 Å². The fourth-order valence-corrected chi connectivity index (χ4v) is 5.04. The van der Waals surface area contributed by atoms with Crippen molar-refractivity contribution in [3.05, 3.63) is 83.9 Å². The highest BCUT2D eigenvalue weighted by atomic mass is 32.2. The van der Waals surface area contributed by atoms with Gasteiger partial charge in [0.05, 0.1) is 16.3 Å². The zero-order chi connectivity index (χ0) is 22.2. The Kier molecular flexibility index (Phi) is 5.27. The fourth-order valence-electron chi connectivity index (χ4n) is 4.27. The molecule has 0 aliphatic carbocycles. The predicted molar refractivity (Wildman–Crippen MR) is 126 cm³/mol. The number of aromatic nitrogens is 3. The van der Waals surface area contributed by atoms with Crippen molar-refractivity contribution in [3.63, 3.8) is 0 Å². The molecule has 1 aliphatic heterocycles. The van der Waals surface area contributed by atoms with Crippen LogP contribution in [0.5, 0.6) is 0 Å². The molecule has 0 unspecified atom stereocenters. The molecule has 3 heterocycles. The number of nitrogens with zero attached hydrogens (tertiary/aromatic N) is 4. The molecule has 5 rings (SSSR count). The Hall–Kier alpha value is -3.45. The van der Waals surface area contributed by atoms with Gasteiger partial charge >= 0.3 is 0 Å². The van der Waals surface area contributed by atoms with Crippen molar-refractivity contribution in [3.8, 4) is 0 Å². The molecule has 2 aromatic carbocycles. The van der Waals surface area contributed by atoms with Gasteiger partial charge in [-0.1, -0.05) is 48.2 Å². The van der Waals surface area contributed by atoms with Gasteiger partial charge in [0.25, 0.3) is 0 Å². The number of hydrogen-bond acceptors (Lipinski definition) is 5. The number of carbonyl (C=O) groups excluding carboxylic acids is 2. The van der Waals surface area contributed by atoms with Crippen molar-refractivity contribution in [1.29, 1.82) is 0 Å². The van der Waals surface area contributed by atoms with Crippen LogP contribution in [0.2, 0.25) is 0 Å². The third-order valence-electron chi connectivity index (χ3n) is 5.78. The molecule has 160 valence electrons. The van der Waals surface area contributed by atoms with Gasteiger partial charge in [-0.2, -0.15) is 0 Å². The average molecular weight is 443 g/mol. The lowest BCUT2D eigenvalue weighted by Gasteiger charge is -2.22. The van der Waals surface area contributed by atoms with E-state index in [4.69, 9.17) is 4.98 Å². The van der Waals surface area contributed by atoms with E-state index in [1.54, 1.807) is 30.1 Å². The van der Waals surface area contributed by atoms with Crippen LogP contribution in [0.1, 0.15) is 28.7 Å².